The molecule has 3 nitrogen and oxygen atoms in total. The smallest absolute Gasteiger partial charge is 0.325 e. The highest BCUT2D eigenvalue weighted by Gasteiger charge is 2.71. The maximum absolute atomic E-state index is 15.2. The van der Waals surface area contributed by atoms with E-state index in [1.54, 1.807) is 0 Å². The SMILES string of the molecule is O=C(O)[C@@](C1CCCCC1)(N(C1CCCCC1)C1CCCCC1)C(C1CCCCC1)(C1CCCCC1)C1CCCCC1. The van der Waals surface area contributed by atoms with E-state index in [1.807, 2.05) is 0 Å². The molecule has 240 valence electrons. The second-order valence-corrected chi connectivity index (χ2v) is 16.3. The highest BCUT2D eigenvalue weighted by Crippen LogP contribution is 2.67. The number of carboxylic acids is 1. The lowest BCUT2D eigenvalue weighted by atomic mass is 9.40. The average molecular weight is 582 g/mol. The van der Waals surface area contributed by atoms with Gasteiger partial charge >= 0.3 is 5.97 Å². The predicted molar refractivity (Wildman–Crippen MR) is 175 cm³/mol. The highest BCUT2D eigenvalue weighted by molar-refractivity contribution is 5.81. The first-order chi connectivity index (χ1) is 20.7. The molecule has 3 heteroatoms. The van der Waals surface area contributed by atoms with E-state index in [4.69, 9.17) is 0 Å². The number of aliphatic carboxylic acids is 1. The molecule has 1 atom stereocenters. The van der Waals surface area contributed by atoms with Crippen molar-refractivity contribution in [1.82, 2.24) is 4.90 Å². The van der Waals surface area contributed by atoms with Crippen LogP contribution in [0.4, 0.5) is 0 Å². The lowest BCUT2D eigenvalue weighted by molar-refractivity contribution is -0.231. The monoisotopic (exact) mass is 582 g/mol. The van der Waals surface area contributed by atoms with Crippen LogP contribution in [0.1, 0.15) is 193 Å². The Morgan fingerprint density at radius 1 is 0.405 bits per heavy atom. The molecule has 0 spiro atoms. The fourth-order valence-electron chi connectivity index (χ4n) is 13.0. The first-order valence-corrected chi connectivity index (χ1v) is 19.7. The zero-order valence-corrected chi connectivity index (χ0v) is 27.5. The van der Waals surface area contributed by atoms with Crippen molar-refractivity contribution in [2.75, 3.05) is 0 Å². The second-order valence-electron chi connectivity index (χ2n) is 16.3. The summed E-state index contributed by atoms with van der Waals surface area (Å²) in [5.74, 6) is 1.87. The van der Waals surface area contributed by atoms with Crippen LogP contribution in [0, 0.1) is 29.1 Å². The van der Waals surface area contributed by atoms with E-state index in [0.717, 1.165) is 0 Å². The highest BCUT2D eigenvalue weighted by atomic mass is 16.4. The molecule has 6 fully saturated rings. The normalized spacial score (nSPS) is 29.5. The Kier molecular flexibility index (Phi) is 11.0. The van der Waals surface area contributed by atoms with Crippen LogP contribution in [0.5, 0.6) is 0 Å². The molecule has 0 aromatic rings. The van der Waals surface area contributed by atoms with Gasteiger partial charge in [-0.3, -0.25) is 9.69 Å². The van der Waals surface area contributed by atoms with Gasteiger partial charge in [-0.1, -0.05) is 116 Å². The van der Waals surface area contributed by atoms with E-state index < -0.39 is 5.54 Å². The Hall–Kier alpha value is -0.570. The van der Waals surface area contributed by atoms with Crippen molar-refractivity contribution in [3.05, 3.63) is 0 Å². The summed E-state index contributed by atoms with van der Waals surface area (Å²) in [7, 11) is 0. The Bertz CT molecular complexity index is 756. The molecule has 0 aliphatic heterocycles. The summed E-state index contributed by atoms with van der Waals surface area (Å²) in [6.45, 7) is 0. The lowest BCUT2D eigenvalue weighted by Crippen LogP contribution is -2.78. The molecule has 6 aliphatic rings. The van der Waals surface area contributed by atoms with Crippen molar-refractivity contribution >= 4 is 5.97 Å². The molecule has 0 bridgehead atoms. The van der Waals surface area contributed by atoms with Gasteiger partial charge in [0.1, 0.15) is 5.54 Å². The molecule has 0 amide bonds. The molecule has 42 heavy (non-hydrogen) atoms. The zero-order valence-electron chi connectivity index (χ0n) is 27.5. The minimum Gasteiger partial charge on any atom is -0.480 e. The molecular formula is C39H67NO2. The Balaban J connectivity index is 1.63. The lowest BCUT2D eigenvalue weighted by Gasteiger charge is -2.69. The van der Waals surface area contributed by atoms with Gasteiger partial charge in [-0.25, -0.2) is 0 Å². The van der Waals surface area contributed by atoms with Crippen LogP contribution >= 0.6 is 0 Å². The van der Waals surface area contributed by atoms with E-state index in [0.29, 0.717) is 35.8 Å². The van der Waals surface area contributed by atoms with E-state index in [-0.39, 0.29) is 11.4 Å². The van der Waals surface area contributed by atoms with E-state index in [2.05, 4.69) is 4.90 Å². The Morgan fingerprint density at radius 3 is 0.952 bits per heavy atom. The van der Waals surface area contributed by atoms with Gasteiger partial charge in [-0.05, 0) is 101 Å². The third-order valence-corrected chi connectivity index (χ3v) is 14.4. The Morgan fingerprint density at radius 2 is 0.667 bits per heavy atom. The van der Waals surface area contributed by atoms with Gasteiger partial charge in [0.25, 0.3) is 0 Å². The van der Waals surface area contributed by atoms with Crippen LogP contribution in [-0.2, 0) is 4.79 Å². The minimum atomic E-state index is -0.663. The minimum absolute atomic E-state index is 0.0446. The molecule has 6 rings (SSSR count). The molecular weight excluding hydrogens is 514 g/mol. The summed E-state index contributed by atoms with van der Waals surface area (Å²) >= 11 is 0. The molecule has 1 N–H and O–H groups in total. The van der Waals surface area contributed by atoms with E-state index in [1.165, 1.54) is 193 Å². The van der Waals surface area contributed by atoms with Crippen LogP contribution in [0.25, 0.3) is 0 Å². The molecule has 6 saturated carbocycles. The maximum atomic E-state index is 15.2. The van der Waals surface area contributed by atoms with Crippen molar-refractivity contribution in [2.45, 2.75) is 210 Å². The van der Waals surface area contributed by atoms with Gasteiger partial charge in [-0.15, -0.1) is 0 Å². The van der Waals surface area contributed by atoms with Crippen LogP contribution in [-0.4, -0.2) is 33.6 Å². The third kappa shape index (κ3) is 5.77. The van der Waals surface area contributed by atoms with E-state index in [9.17, 15) is 5.11 Å². The van der Waals surface area contributed by atoms with Crippen molar-refractivity contribution < 1.29 is 9.90 Å². The molecule has 0 unspecified atom stereocenters. The number of hydrogen-bond acceptors (Lipinski definition) is 2. The van der Waals surface area contributed by atoms with Crippen molar-refractivity contribution in [1.29, 1.82) is 0 Å². The largest absolute Gasteiger partial charge is 0.480 e. The standard InChI is InChI=1S/C39H67NO2/c41-37(42)39(34-25-13-4-14-26-34,40(35-27-15-5-16-28-35)36-29-17-6-18-30-36)38(31-19-7-1-8-20-31,32-21-9-2-10-22-32)33-23-11-3-12-24-33/h31-36H,1-30H2,(H,41,42)/t39-/m1/s1. The van der Waals surface area contributed by atoms with Gasteiger partial charge in [0, 0.05) is 17.5 Å². The number of hydrogen-bond donors (Lipinski definition) is 1. The number of nitrogens with zero attached hydrogens (tertiary/aromatic N) is 1. The Labute approximate surface area is 259 Å². The first-order valence-electron chi connectivity index (χ1n) is 19.7. The molecule has 0 aromatic carbocycles. The third-order valence-electron chi connectivity index (χ3n) is 14.4. The molecule has 0 radical (unpaired) electrons. The zero-order chi connectivity index (χ0) is 28.8. The van der Waals surface area contributed by atoms with Crippen molar-refractivity contribution in [3.63, 3.8) is 0 Å². The van der Waals surface area contributed by atoms with Crippen molar-refractivity contribution in [2.24, 2.45) is 29.1 Å². The van der Waals surface area contributed by atoms with Gasteiger partial charge in [0.15, 0.2) is 0 Å². The van der Waals surface area contributed by atoms with E-state index >= 15 is 4.79 Å². The average Bonchev–Trinajstić information content (AvgIpc) is 3.07. The van der Waals surface area contributed by atoms with Crippen LogP contribution in [0.3, 0.4) is 0 Å². The topological polar surface area (TPSA) is 40.5 Å². The summed E-state index contributed by atoms with van der Waals surface area (Å²) in [6, 6.07) is 0.991. The summed E-state index contributed by atoms with van der Waals surface area (Å²) < 4.78 is 0. The summed E-state index contributed by atoms with van der Waals surface area (Å²) in [4.78, 5) is 18.2. The number of carboxylic acid groups (broad SMARTS) is 1. The van der Waals surface area contributed by atoms with Crippen LogP contribution in [0.15, 0.2) is 0 Å². The fourth-order valence-corrected chi connectivity index (χ4v) is 13.0. The van der Waals surface area contributed by atoms with Crippen molar-refractivity contribution in [3.8, 4) is 0 Å². The van der Waals surface area contributed by atoms with Gasteiger partial charge in [0.2, 0.25) is 0 Å². The molecule has 6 aliphatic carbocycles. The quantitative estimate of drug-likeness (QED) is 0.294. The maximum Gasteiger partial charge on any atom is 0.325 e. The molecule has 0 saturated heterocycles. The van der Waals surface area contributed by atoms with Gasteiger partial charge in [0.05, 0.1) is 0 Å². The predicted octanol–water partition coefficient (Wildman–Crippen LogP) is 11.1. The number of carbonyl (C=O) groups is 1. The number of rotatable bonds is 9. The van der Waals surface area contributed by atoms with Gasteiger partial charge < -0.3 is 5.11 Å². The fraction of sp³-hybridized carbons (Fsp3) is 0.974. The second kappa shape index (κ2) is 14.7. The van der Waals surface area contributed by atoms with Crippen LogP contribution < -0.4 is 0 Å². The summed E-state index contributed by atoms with van der Waals surface area (Å²) in [5, 5.41) is 12.5. The van der Waals surface area contributed by atoms with Crippen LogP contribution in [0.2, 0.25) is 0 Å². The molecule has 0 aromatic heterocycles. The van der Waals surface area contributed by atoms with Gasteiger partial charge in [-0.2, -0.15) is 0 Å². The summed E-state index contributed by atoms with van der Waals surface area (Å²) in [5.41, 5.74) is -0.708. The molecule has 0 heterocycles. The first kappa shape index (κ1) is 31.4. The summed E-state index contributed by atoms with van der Waals surface area (Å²) in [6.07, 6.45) is 39.3.